The first-order valence-corrected chi connectivity index (χ1v) is 9.21. The summed E-state index contributed by atoms with van der Waals surface area (Å²) < 4.78 is 21.8. The third-order valence-corrected chi connectivity index (χ3v) is 4.52. The lowest BCUT2D eigenvalue weighted by molar-refractivity contribution is 0.0600. The molecule has 0 saturated heterocycles. The third-order valence-electron chi connectivity index (χ3n) is 4.52. The first-order valence-electron chi connectivity index (χ1n) is 9.21. The number of carbonyl (C=O) groups excluding carboxylic acids is 1. The minimum atomic E-state index is -0.386. The maximum absolute atomic E-state index is 11.5. The van der Waals surface area contributed by atoms with Crippen molar-refractivity contribution >= 4 is 5.97 Å². The van der Waals surface area contributed by atoms with Crippen molar-refractivity contribution in [3.8, 4) is 22.9 Å². The number of hydrogen-bond acceptors (Lipinski definition) is 8. The van der Waals surface area contributed by atoms with Gasteiger partial charge in [-0.3, -0.25) is 4.90 Å². The lowest BCUT2D eigenvalue weighted by Gasteiger charge is -2.29. The van der Waals surface area contributed by atoms with E-state index in [0.717, 1.165) is 17.1 Å². The summed E-state index contributed by atoms with van der Waals surface area (Å²) >= 11 is 0. The average molecular weight is 395 g/mol. The number of likely N-dealkylation sites (N-methyl/N-ethyl adjacent to an activating group) is 1. The van der Waals surface area contributed by atoms with Crippen molar-refractivity contribution in [1.82, 2.24) is 15.0 Å². The molecule has 0 spiro atoms. The number of benzene rings is 2. The Balaban J connectivity index is 1.35. The smallest absolute Gasteiger partial charge is 0.337 e. The van der Waals surface area contributed by atoms with E-state index in [9.17, 15) is 4.79 Å². The van der Waals surface area contributed by atoms with Crippen molar-refractivity contribution in [3.63, 3.8) is 0 Å². The molecular weight excluding hydrogens is 374 g/mol. The fraction of sp³-hybridized carbons (Fsp3) is 0.286. The molecule has 1 atom stereocenters. The zero-order chi connectivity index (χ0) is 20.2. The predicted molar refractivity (Wildman–Crippen MR) is 104 cm³/mol. The maximum Gasteiger partial charge on any atom is 0.337 e. The normalized spacial score (nSPS) is 15.3. The fourth-order valence-electron chi connectivity index (χ4n) is 3.11. The van der Waals surface area contributed by atoms with Crippen molar-refractivity contribution in [2.45, 2.75) is 12.6 Å². The van der Waals surface area contributed by atoms with E-state index in [-0.39, 0.29) is 12.1 Å². The molecule has 2 aromatic carbocycles. The molecule has 0 fully saturated rings. The summed E-state index contributed by atoms with van der Waals surface area (Å²) in [6.07, 6.45) is -0.0804. The molecule has 8 heteroatoms. The highest BCUT2D eigenvalue weighted by Gasteiger charge is 2.22. The highest BCUT2D eigenvalue weighted by Crippen LogP contribution is 2.31. The van der Waals surface area contributed by atoms with Crippen LogP contribution in [0.4, 0.5) is 0 Å². The lowest BCUT2D eigenvalue weighted by atomic mass is 10.1. The second-order valence-corrected chi connectivity index (χ2v) is 6.78. The number of fused-ring (bicyclic) bond motifs is 1. The summed E-state index contributed by atoms with van der Waals surface area (Å²) in [5, 5.41) is 4.03. The van der Waals surface area contributed by atoms with E-state index in [0.29, 0.717) is 37.0 Å². The first kappa shape index (κ1) is 18.9. The standard InChI is InChI=1S/C21H21N3O5/c1-24(11-16-13-27-17-5-3-4-6-18(17)28-16)12-19-22-20(23-29-19)14-7-9-15(10-8-14)21(25)26-2/h3-10,16H,11-13H2,1-2H3/t16-/m0/s1. The van der Waals surface area contributed by atoms with Crippen LogP contribution in [0.25, 0.3) is 11.4 Å². The first-order chi connectivity index (χ1) is 14.1. The van der Waals surface area contributed by atoms with Gasteiger partial charge in [-0.1, -0.05) is 29.4 Å². The van der Waals surface area contributed by atoms with Gasteiger partial charge in [0.25, 0.3) is 0 Å². The van der Waals surface area contributed by atoms with Crippen LogP contribution < -0.4 is 9.47 Å². The van der Waals surface area contributed by atoms with Gasteiger partial charge in [-0.2, -0.15) is 4.98 Å². The van der Waals surface area contributed by atoms with E-state index in [4.69, 9.17) is 18.7 Å². The van der Waals surface area contributed by atoms with Gasteiger partial charge >= 0.3 is 5.97 Å². The molecule has 4 rings (SSSR count). The molecule has 2 heterocycles. The average Bonchev–Trinajstić information content (AvgIpc) is 3.21. The Kier molecular flexibility index (Phi) is 5.44. The van der Waals surface area contributed by atoms with Crippen LogP contribution in [-0.4, -0.2) is 54.4 Å². The van der Waals surface area contributed by atoms with Crippen molar-refractivity contribution in [3.05, 3.63) is 60.0 Å². The highest BCUT2D eigenvalue weighted by molar-refractivity contribution is 5.89. The maximum atomic E-state index is 11.5. The summed E-state index contributed by atoms with van der Waals surface area (Å²) in [4.78, 5) is 18.0. The third kappa shape index (κ3) is 4.38. The number of methoxy groups -OCH3 is 1. The van der Waals surface area contributed by atoms with E-state index in [1.807, 2.05) is 36.2 Å². The van der Waals surface area contributed by atoms with E-state index in [1.54, 1.807) is 24.3 Å². The van der Waals surface area contributed by atoms with E-state index in [2.05, 4.69) is 10.1 Å². The molecule has 0 radical (unpaired) electrons. The molecule has 29 heavy (non-hydrogen) atoms. The van der Waals surface area contributed by atoms with Crippen LogP contribution in [0, 0.1) is 0 Å². The summed E-state index contributed by atoms with van der Waals surface area (Å²) in [6.45, 7) is 1.62. The van der Waals surface area contributed by atoms with Crippen LogP contribution in [0.3, 0.4) is 0 Å². The van der Waals surface area contributed by atoms with Gasteiger partial charge in [0.2, 0.25) is 11.7 Å². The zero-order valence-corrected chi connectivity index (χ0v) is 16.2. The number of ether oxygens (including phenoxy) is 3. The minimum absolute atomic E-state index is 0.0804. The van der Waals surface area contributed by atoms with Gasteiger partial charge in [0.15, 0.2) is 11.5 Å². The topological polar surface area (TPSA) is 86.9 Å². The Bertz CT molecular complexity index is 986. The molecular formula is C21H21N3O5. The molecule has 8 nitrogen and oxygen atoms in total. The number of esters is 1. The molecule has 0 saturated carbocycles. The summed E-state index contributed by atoms with van der Waals surface area (Å²) in [7, 11) is 3.31. The van der Waals surface area contributed by atoms with Crippen molar-refractivity contribution < 1.29 is 23.5 Å². The monoisotopic (exact) mass is 395 g/mol. The number of para-hydroxylation sites is 2. The molecule has 1 aliphatic heterocycles. The predicted octanol–water partition coefficient (Wildman–Crippen LogP) is 2.80. The van der Waals surface area contributed by atoms with Crippen LogP contribution in [-0.2, 0) is 11.3 Å². The summed E-state index contributed by atoms with van der Waals surface area (Å²) in [5.74, 6) is 2.11. The van der Waals surface area contributed by atoms with Gasteiger partial charge < -0.3 is 18.7 Å². The van der Waals surface area contributed by atoms with Crippen molar-refractivity contribution in [2.24, 2.45) is 0 Å². The van der Waals surface area contributed by atoms with Gasteiger partial charge in [-0.25, -0.2) is 4.79 Å². The van der Waals surface area contributed by atoms with Crippen molar-refractivity contribution in [2.75, 3.05) is 27.3 Å². The second-order valence-electron chi connectivity index (χ2n) is 6.78. The number of nitrogens with zero attached hydrogens (tertiary/aromatic N) is 3. The van der Waals surface area contributed by atoms with Crippen LogP contribution >= 0.6 is 0 Å². The lowest BCUT2D eigenvalue weighted by Crippen LogP contribution is -2.39. The Morgan fingerprint density at radius 3 is 2.69 bits per heavy atom. The quantitative estimate of drug-likeness (QED) is 0.589. The molecule has 3 aromatic rings. The van der Waals surface area contributed by atoms with Gasteiger partial charge in [0.1, 0.15) is 12.7 Å². The Morgan fingerprint density at radius 2 is 1.93 bits per heavy atom. The SMILES string of the molecule is COC(=O)c1ccc(-c2noc(CN(C)C[C@H]3COc4ccccc4O3)n2)cc1. The molecule has 1 aromatic heterocycles. The van der Waals surface area contributed by atoms with E-state index in [1.165, 1.54) is 7.11 Å². The highest BCUT2D eigenvalue weighted by atomic mass is 16.6. The molecule has 0 unspecified atom stereocenters. The minimum Gasteiger partial charge on any atom is -0.486 e. The van der Waals surface area contributed by atoms with Crippen LogP contribution in [0.5, 0.6) is 11.5 Å². The molecule has 0 N–H and O–H groups in total. The molecule has 0 aliphatic carbocycles. The van der Waals surface area contributed by atoms with E-state index < -0.39 is 0 Å². The zero-order valence-electron chi connectivity index (χ0n) is 16.2. The summed E-state index contributed by atoms with van der Waals surface area (Å²) in [6, 6.07) is 14.5. The fourth-order valence-corrected chi connectivity index (χ4v) is 3.11. The number of hydrogen-bond donors (Lipinski definition) is 0. The van der Waals surface area contributed by atoms with Crippen LogP contribution in [0.2, 0.25) is 0 Å². The number of carbonyl (C=O) groups is 1. The Morgan fingerprint density at radius 1 is 1.17 bits per heavy atom. The molecule has 0 bridgehead atoms. The Labute approximate surface area is 168 Å². The molecule has 0 amide bonds. The van der Waals surface area contributed by atoms with Gasteiger partial charge in [-0.05, 0) is 31.3 Å². The van der Waals surface area contributed by atoms with Crippen LogP contribution in [0.1, 0.15) is 16.2 Å². The molecule has 1 aliphatic rings. The number of aromatic nitrogens is 2. The van der Waals surface area contributed by atoms with Crippen molar-refractivity contribution in [1.29, 1.82) is 0 Å². The molecule has 150 valence electrons. The number of rotatable bonds is 6. The largest absolute Gasteiger partial charge is 0.486 e. The van der Waals surface area contributed by atoms with Gasteiger partial charge in [-0.15, -0.1) is 0 Å². The van der Waals surface area contributed by atoms with E-state index >= 15 is 0 Å². The second kappa shape index (κ2) is 8.32. The van der Waals surface area contributed by atoms with Gasteiger partial charge in [0.05, 0.1) is 19.2 Å². The summed E-state index contributed by atoms with van der Waals surface area (Å²) in [5.41, 5.74) is 1.23. The Hall–Kier alpha value is -3.39. The van der Waals surface area contributed by atoms with Crippen LogP contribution in [0.15, 0.2) is 53.1 Å². The van der Waals surface area contributed by atoms with Gasteiger partial charge in [0, 0.05) is 12.1 Å².